The van der Waals surface area contributed by atoms with E-state index in [0.29, 0.717) is 16.8 Å². The van der Waals surface area contributed by atoms with E-state index < -0.39 is 24.4 Å². The van der Waals surface area contributed by atoms with Gasteiger partial charge in [0.05, 0.1) is 21.4 Å². The Labute approximate surface area is 174 Å². The molecule has 0 unspecified atom stereocenters. The van der Waals surface area contributed by atoms with Crippen molar-refractivity contribution in [3.8, 4) is 11.6 Å². The number of nitrogens with zero attached hydrogens (tertiary/aromatic N) is 2. The van der Waals surface area contributed by atoms with Crippen molar-refractivity contribution in [3.05, 3.63) is 69.8 Å². The van der Waals surface area contributed by atoms with E-state index in [1.165, 1.54) is 12.1 Å². The quantitative estimate of drug-likeness (QED) is 0.564. The molecule has 152 valence electrons. The topological polar surface area (TPSA) is 56.1 Å². The van der Waals surface area contributed by atoms with Crippen LogP contribution < -0.4 is 10.1 Å². The molecule has 1 heterocycles. The lowest BCUT2D eigenvalue weighted by Crippen LogP contribution is -2.21. The molecule has 29 heavy (non-hydrogen) atoms. The summed E-state index contributed by atoms with van der Waals surface area (Å²) in [6, 6.07) is 11.9. The number of aromatic nitrogens is 2. The van der Waals surface area contributed by atoms with E-state index in [9.17, 15) is 18.0 Å². The van der Waals surface area contributed by atoms with E-state index in [1.54, 1.807) is 30.3 Å². The van der Waals surface area contributed by atoms with Gasteiger partial charge < -0.3 is 10.1 Å². The zero-order valence-electron chi connectivity index (χ0n) is 14.9. The van der Waals surface area contributed by atoms with Crippen molar-refractivity contribution in [1.82, 2.24) is 9.78 Å². The Kier molecular flexibility index (Phi) is 6.04. The number of carbonyl (C=O) groups is 1. The first-order chi connectivity index (χ1) is 13.6. The van der Waals surface area contributed by atoms with Crippen LogP contribution in [0, 0.1) is 6.92 Å². The van der Waals surface area contributed by atoms with Gasteiger partial charge >= 0.3 is 6.18 Å². The Morgan fingerprint density at radius 2 is 1.86 bits per heavy atom. The van der Waals surface area contributed by atoms with Crippen LogP contribution in [0.1, 0.15) is 11.3 Å². The van der Waals surface area contributed by atoms with Crippen molar-refractivity contribution in [2.75, 3.05) is 11.9 Å². The molecule has 0 bridgehead atoms. The first-order valence-corrected chi connectivity index (χ1v) is 9.01. The maximum absolute atomic E-state index is 13.1. The number of ether oxygens (including phenoxy) is 1. The van der Waals surface area contributed by atoms with Gasteiger partial charge in [-0.05, 0) is 36.8 Å². The third-order valence-corrected chi connectivity index (χ3v) is 4.43. The van der Waals surface area contributed by atoms with E-state index in [0.717, 1.165) is 10.2 Å². The number of anilines is 1. The molecule has 2 aromatic carbocycles. The summed E-state index contributed by atoms with van der Waals surface area (Å²) >= 11 is 12.1. The molecule has 1 aromatic heterocycles. The Hall–Kier alpha value is -2.71. The number of hydrogen-bond acceptors (Lipinski definition) is 3. The zero-order valence-corrected chi connectivity index (χ0v) is 16.4. The average Bonchev–Trinajstić information content (AvgIpc) is 3.07. The summed E-state index contributed by atoms with van der Waals surface area (Å²) in [4.78, 5) is 12.2. The number of benzene rings is 2. The lowest BCUT2D eigenvalue weighted by atomic mass is 10.2. The first kappa shape index (κ1) is 21.0. The number of nitrogens with one attached hydrogen (secondary N) is 1. The van der Waals surface area contributed by atoms with Crippen LogP contribution in [0.4, 0.5) is 18.9 Å². The van der Waals surface area contributed by atoms with E-state index in [4.69, 9.17) is 27.9 Å². The summed E-state index contributed by atoms with van der Waals surface area (Å²) in [6.45, 7) is 1.28. The molecule has 0 aliphatic carbocycles. The molecular weight excluding hydrogens is 430 g/mol. The van der Waals surface area contributed by atoms with Crippen LogP contribution in [-0.4, -0.2) is 22.3 Å². The number of carbonyl (C=O) groups excluding carboxylic acids is 1. The number of para-hydroxylation sites is 1. The average molecular weight is 444 g/mol. The van der Waals surface area contributed by atoms with Crippen molar-refractivity contribution >= 4 is 34.8 Å². The second kappa shape index (κ2) is 8.34. The molecule has 5 nitrogen and oxygen atoms in total. The van der Waals surface area contributed by atoms with Gasteiger partial charge in [-0.1, -0.05) is 41.4 Å². The smallest absolute Gasteiger partial charge is 0.435 e. The van der Waals surface area contributed by atoms with Gasteiger partial charge in [-0.2, -0.15) is 23.0 Å². The minimum Gasteiger partial charge on any atom is -0.467 e. The number of hydrogen-bond donors (Lipinski definition) is 1. The van der Waals surface area contributed by atoms with Gasteiger partial charge in [0.15, 0.2) is 12.3 Å². The van der Waals surface area contributed by atoms with Gasteiger partial charge in [0, 0.05) is 6.07 Å². The molecule has 0 spiro atoms. The van der Waals surface area contributed by atoms with Crippen LogP contribution >= 0.6 is 23.2 Å². The summed E-state index contributed by atoms with van der Waals surface area (Å²) in [5.74, 6) is -0.883. The fourth-order valence-electron chi connectivity index (χ4n) is 2.45. The molecule has 0 aliphatic rings. The predicted molar refractivity (Wildman–Crippen MR) is 104 cm³/mol. The van der Waals surface area contributed by atoms with Crippen molar-refractivity contribution in [2.45, 2.75) is 13.1 Å². The van der Waals surface area contributed by atoms with E-state index >= 15 is 0 Å². The summed E-state index contributed by atoms with van der Waals surface area (Å²) < 4.78 is 45.5. The molecule has 0 atom stereocenters. The van der Waals surface area contributed by atoms with Gasteiger partial charge in [0.1, 0.15) is 0 Å². The second-order valence-electron chi connectivity index (χ2n) is 6.05. The summed E-state index contributed by atoms with van der Waals surface area (Å²) in [5, 5.41) is 6.57. The Bertz CT molecular complexity index is 1050. The second-order valence-corrected chi connectivity index (χ2v) is 6.86. The number of halogens is 5. The van der Waals surface area contributed by atoms with Crippen LogP contribution in [-0.2, 0) is 11.0 Å². The monoisotopic (exact) mass is 443 g/mol. The van der Waals surface area contributed by atoms with Gasteiger partial charge in [0.2, 0.25) is 5.88 Å². The van der Waals surface area contributed by atoms with Gasteiger partial charge in [-0.15, -0.1) is 0 Å². The van der Waals surface area contributed by atoms with Crippen molar-refractivity contribution < 1.29 is 22.7 Å². The SMILES string of the molecule is Cc1ccc(NC(=O)COc2cc(C(F)(F)F)nn2-c2ccccc2Cl)c(Cl)c1. The van der Waals surface area contributed by atoms with E-state index in [2.05, 4.69) is 10.4 Å². The van der Waals surface area contributed by atoms with Gasteiger partial charge in [-0.3, -0.25) is 4.79 Å². The number of amides is 1. The largest absolute Gasteiger partial charge is 0.467 e. The highest BCUT2D eigenvalue weighted by Gasteiger charge is 2.36. The zero-order chi connectivity index (χ0) is 21.2. The molecule has 0 saturated heterocycles. The van der Waals surface area contributed by atoms with E-state index in [1.807, 2.05) is 6.92 Å². The lowest BCUT2D eigenvalue weighted by molar-refractivity contribution is -0.141. The molecule has 0 saturated carbocycles. The Balaban J connectivity index is 1.82. The van der Waals surface area contributed by atoms with Crippen molar-refractivity contribution in [2.24, 2.45) is 0 Å². The van der Waals surface area contributed by atoms with Gasteiger partial charge in [0.25, 0.3) is 5.91 Å². The minimum absolute atomic E-state index is 0.171. The number of aryl methyl sites for hydroxylation is 1. The minimum atomic E-state index is -4.69. The van der Waals surface area contributed by atoms with Crippen LogP contribution in [0.5, 0.6) is 5.88 Å². The molecule has 3 aromatic rings. The highest BCUT2D eigenvalue weighted by Crippen LogP contribution is 2.33. The predicted octanol–water partition coefficient (Wildman–Crippen LogP) is 5.52. The van der Waals surface area contributed by atoms with E-state index in [-0.39, 0.29) is 16.6 Å². The molecule has 1 amide bonds. The van der Waals surface area contributed by atoms with Crippen LogP contribution in [0.3, 0.4) is 0 Å². The van der Waals surface area contributed by atoms with Crippen LogP contribution in [0.25, 0.3) is 5.69 Å². The summed E-state index contributed by atoms with van der Waals surface area (Å²) in [7, 11) is 0. The molecule has 0 fully saturated rings. The standard InChI is InChI=1S/C19H14Cl2F3N3O2/c1-11-6-7-14(13(21)8-11)25-17(28)10-29-18-9-16(19(22,23)24)26-27(18)15-5-3-2-4-12(15)20/h2-9H,10H2,1H3,(H,25,28). The summed E-state index contributed by atoms with van der Waals surface area (Å²) in [5.41, 5.74) is 0.282. The highest BCUT2D eigenvalue weighted by molar-refractivity contribution is 6.33. The Morgan fingerprint density at radius 3 is 2.52 bits per heavy atom. The lowest BCUT2D eigenvalue weighted by Gasteiger charge is -2.11. The normalized spacial score (nSPS) is 11.4. The fourth-order valence-corrected chi connectivity index (χ4v) is 2.95. The third-order valence-electron chi connectivity index (χ3n) is 3.80. The maximum Gasteiger partial charge on any atom is 0.435 e. The number of rotatable bonds is 5. The highest BCUT2D eigenvalue weighted by atomic mass is 35.5. The summed E-state index contributed by atoms with van der Waals surface area (Å²) in [6.07, 6.45) is -4.69. The third kappa shape index (κ3) is 5.02. The molecule has 0 aliphatic heterocycles. The molecule has 3 rings (SSSR count). The molecule has 0 radical (unpaired) electrons. The molecular formula is C19H14Cl2F3N3O2. The maximum atomic E-state index is 13.1. The van der Waals surface area contributed by atoms with Crippen LogP contribution in [0.2, 0.25) is 10.0 Å². The number of alkyl halides is 3. The fraction of sp³-hybridized carbons (Fsp3) is 0.158. The van der Waals surface area contributed by atoms with Crippen LogP contribution in [0.15, 0.2) is 48.5 Å². The van der Waals surface area contributed by atoms with Crippen molar-refractivity contribution in [1.29, 1.82) is 0 Å². The molecule has 1 N–H and O–H groups in total. The van der Waals surface area contributed by atoms with Crippen molar-refractivity contribution in [3.63, 3.8) is 0 Å². The first-order valence-electron chi connectivity index (χ1n) is 8.26. The van der Waals surface area contributed by atoms with Gasteiger partial charge in [-0.25, -0.2) is 0 Å². The Morgan fingerprint density at radius 1 is 1.14 bits per heavy atom. The molecule has 10 heteroatoms.